The number of ketones is 1. The molecular formula is C11H13NO4. The van der Waals surface area contributed by atoms with E-state index < -0.39 is 5.75 Å². The Labute approximate surface area is 92.7 Å². The Morgan fingerprint density at radius 1 is 1.44 bits per heavy atom. The number of ether oxygens (including phenoxy) is 1. The van der Waals surface area contributed by atoms with E-state index in [9.17, 15) is 15.0 Å². The molecule has 0 aliphatic carbocycles. The van der Waals surface area contributed by atoms with Crippen LogP contribution in [0.1, 0.15) is 22.8 Å². The number of hydrogen-bond donors (Lipinski definition) is 3. The van der Waals surface area contributed by atoms with Crippen LogP contribution in [0.5, 0.6) is 17.2 Å². The zero-order valence-corrected chi connectivity index (χ0v) is 9.07. The number of fused-ring (bicyclic) bond motifs is 1. The Morgan fingerprint density at radius 3 is 2.75 bits per heavy atom. The molecule has 1 aromatic rings. The summed E-state index contributed by atoms with van der Waals surface area (Å²) in [6.07, 6.45) is 0. The SMILES string of the molecule is COc1cc2c(c(O)c1O)C(=O)C(C)NC2. The fourth-order valence-corrected chi connectivity index (χ4v) is 1.83. The van der Waals surface area contributed by atoms with Crippen molar-refractivity contribution in [3.63, 3.8) is 0 Å². The molecule has 5 heteroatoms. The van der Waals surface area contributed by atoms with Crippen molar-refractivity contribution in [3.05, 3.63) is 17.2 Å². The monoisotopic (exact) mass is 223 g/mol. The second-order valence-electron chi connectivity index (χ2n) is 3.78. The van der Waals surface area contributed by atoms with Crippen LogP contribution in [-0.4, -0.2) is 29.1 Å². The number of phenols is 2. The fourth-order valence-electron chi connectivity index (χ4n) is 1.83. The van der Waals surface area contributed by atoms with Gasteiger partial charge in [-0.2, -0.15) is 0 Å². The van der Waals surface area contributed by atoms with E-state index in [4.69, 9.17) is 4.74 Å². The normalized spacial score (nSPS) is 19.4. The summed E-state index contributed by atoms with van der Waals surface area (Å²) in [5, 5.41) is 22.4. The van der Waals surface area contributed by atoms with Gasteiger partial charge in [-0.25, -0.2) is 0 Å². The number of nitrogens with one attached hydrogen (secondary N) is 1. The smallest absolute Gasteiger partial charge is 0.201 e. The van der Waals surface area contributed by atoms with Gasteiger partial charge in [0.05, 0.1) is 18.7 Å². The maximum atomic E-state index is 11.8. The fraction of sp³-hybridized carbons (Fsp3) is 0.364. The lowest BCUT2D eigenvalue weighted by atomic mass is 9.93. The molecule has 16 heavy (non-hydrogen) atoms. The topological polar surface area (TPSA) is 78.8 Å². The summed E-state index contributed by atoms with van der Waals surface area (Å²) in [4.78, 5) is 11.8. The van der Waals surface area contributed by atoms with Crippen molar-refractivity contribution >= 4 is 5.78 Å². The van der Waals surface area contributed by atoms with Crippen molar-refractivity contribution < 1.29 is 19.7 Å². The molecule has 0 saturated carbocycles. The highest BCUT2D eigenvalue weighted by Gasteiger charge is 2.29. The van der Waals surface area contributed by atoms with Crippen molar-refractivity contribution in [1.29, 1.82) is 0 Å². The zero-order valence-electron chi connectivity index (χ0n) is 9.07. The van der Waals surface area contributed by atoms with E-state index in [-0.39, 0.29) is 28.9 Å². The van der Waals surface area contributed by atoms with Crippen LogP contribution in [0.25, 0.3) is 0 Å². The number of carbonyl (C=O) groups excluding carboxylic acids is 1. The van der Waals surface area contributed by atoms with Gasteiger partial charge in [0.1, 0.15) is 0 Å². The van der Waals surface area contributed by atoms with Crippen LogP contribution in [0.15, 0.2) is 6.07 Å². The third-order valence-corrected chi connectivity index (χ3v) is 2.78. The van der Waals surface area contributed by atoms with Crippen LogP contribution in [0.3, 0.4) is 0 Å². The summed E-state index contributed by atoms with van der Waals surface area (Å²) < 4.78 is 4.90. The first-order chi connectivity index (χ1) is 7.56. The molecule has 2 rings (SSSR count). The maximum absolute atomic E-state index is 11.8. The van der Waals surface area contributed by atoms with Crippen molar-refractivity contribution in [2.75, 3.05) is 7.11 Å². The number of hydrogen-bond acceptors (Lipinski definition) is 5. The summed E-state index contributed by atoms with van der Waals surface area (Å²) in [6, 6.07) is 1.20. The largest absolute Gasteiger partial charge is 0.504 e. The predicted molar refractivity (Wildman–Crippen MR) is 57.0 cm³/mol. The predicted octanol–water partition coefficient (Wildman–Crippen LogP) is 0.781. The van der Waals surface area contributed by atoms with Gasteiger partial charge in [0, 0.05) is 6.54 Å². The highest BCUT2D eigenvalue weighted by Crippen LogP contribution is 2.41. The minimum atomic E-state index is -0.396. The van der Waals surface area contributed by atoms with Crippen molar-refractivity contribution in [3.8, 4) is 17.2 Å². The van der Waals surface area contributed by atoms with Gasteiger partial charge in [-0.1, -0.05) is 0 Å². The van der Waals surface area contributed by atoms with Crippen LogP contribution in [0.2, 0.25) is 0 Å². The lowest BCUT2D eigenvalue weighted by Crippen LogP contribution is -2.38. The van der Waals surface area contributed by atoms with Gasteiger partial charge in [0.25, 0.3) is 0 Å². The molecule has 1 atom stereocenters. The number of aromatic hydroxyl groups is 2. The Hall–Kier alpha value is -1.75. The number of phenolic OH excluding ortho intramolecular Hbond substituents is 2. The molecule has 0 aromatic heterocycles. The van der Waals surface area contributed by atoms with Crippen LogP contribution < -0.4 is 10.1 Å². The molecule has 0 amide bonds. The van der Waals surface area contributed by atoms with E-state index in [0.717, 1.165) is 0 Å². The van der Waals surface area contributed by atoms with Gasteiger partial charge < -0.3 is 20.3 Å². The summed E-state index contributed by atoms with van der Waals surface area (Å²) in [5.41, 5.74) is 0.819. The maximum Gasteiger partial charge on any atom is 0.201 e. The van der Waals surface area contributed by atoms with Crippen LogP contribution in [-0.2, 0) is 6.54 Å². The van der Waals surface area contributed by atoms with E-state index in [2.05, 4.69) is 5.32 Å². The van der Waals surface area contributed by atoms with E-state index in [1.807, 2.05) is 0 Å². The third-order valence-electron chi connectivity index (χ3n) is 2.78. The number of methoxy groups -OCH3 is 1. The molecule has 1 heterocycles. The lowest BCUT2D eigenvalue weighted by molar-refractivity contribution is 0.0935. The van der Waals surface area contributed by atoms with Gasteiger partial charge in [-0.05, 0) is 18.6 Å². The molecule has 1 aliphatic rings. The number of rotatable bonds is 1. The summed E-state index contributed by atoms with van der Waals surface area (Å²) in [7, 11) is 1.39. The molecule has 0 radical (unpaired) electrons. The third kappa shape index (κ3) is 1.40. The van der Waals surface area contributed by atoms with E-state index in [1.54, 1.807) is 13.0 Å². The molecule has 0 bridgehead atoms. The minimum absolute atomic E-state index is 0.167. The molecule has 5 nitrogen and oxygen atoms in total. The number of Topliss-reactive ketones (excluding diaryl/α,β-unsaturated/α-hetero) is 1. The first kappa shape index (κ1) is 10.8. The van der Waals surface area contributed by atoms with E-state index in [0.29, 0.717) is 12.1 Å². The van der Waals surface area contributed by atoms with Crippen molar-refractivity contribution in [2.45, 2.75) is 19.5 Å². The first-order valence-corrected chi connectivity index (χ1v) is 4.95. The van der Waals surface area contributed by atoms with Crippen LogP contribution in [0, 0.1) is 0 Å². The highest BCUT2D eigenvalue weighted by molar-refractivity contribution is 6.05. The van der Waals surface area contributed by atoms with E-state index in [1.165, 1.54) is 7.11 Å². The quantitative estimate of drug-likeness (QED) is 0.613. The molecule has 1 unspecified atom stereocenters. The Morgan fingerprint density at radius 2 is 2.12 bits per heavy atom. The van der Waals surface area contributed by atoms with E-state index >= 15 is 0 Å². The summed E-state index contributed by atoms with van der Waals surface area (Å²) >= 11 is 0. The van der Waals surface area contributed by atoms with Gasteiger partial charge in [0.2, 0.25) is 5.75 Å². The van der Waals surface area contributed by atoms with Crippen molar-refractivity contribution in [1.82, 2.24) is 5.32 Å². The molecule has 1 aromatic carbocycles. The average molecular weight is 223 g/mol. The second-order valence-corrected chi connectivity index (χ2v) is 3.78. The standard InChI is InChI=1S/C11H13NO4/c1-5-9(13)8-6(4-12-5)3-7(16-2)10(14)11(8)15/h3,5,12,14-15H,4H2,1-2H3. The molecular weight excluding hydrogens is 210 g/mol. The van der Waals surface area contributed by atoms with Gasteiger partial charge in [0.15, 0.2) is 17.3 Å². The Balaban J connectivity index is 2.64. The van der Waals surface area contributed by atoms with Gasteiger partial charge in [-0.3, -0.25) is 4.79 Å². The molecule has 3 N–H and O–H groups in total. The minimum Gasteiger partial charge on any atom is -0.504 e. The summed E-state index contributed by atoms with van der Waals surface area (Å²) in [6.45, 7) is 2.18. The molecule has 0 saturated heterocycles. The Kier molecular flexibility index (Phi) is 2.47. The van der Waals surface area contributed by atoms with Crippen LogP contribution in [0.4, 0.5) is 0 Å². The van der Waals surface area contributed by atoms with Gasteiger partial charge in [-0.15, -0.1) is 0 Å². The number of benzene rings is 1. The van der Waals surface area contributed by atoms with Gasteiger partial charge >= 0.3 is 0 Å². The summed E-state index contributed by atoms with van der Waals surface area (Å²) in [5.74, 6) is -0.839. The molecule has 86 valence electrons. The second kappa shape index (κ2) is 3.68. The van der Waals surface area contributed by atoms with Crippen molar-refractivity contribution in [2.24, 2.45) is 0 Å². The number of carbonyl (C=O) groups is 1. The Bertz CT molecular complexity index is 456. The molecule has 1 aliphatic heterocycles. The first-order valence-electron chi connectivity index (χ1n) is 4.95. The lowest BCUT2D eigenvalue weighted by Gasteiger charge is -2.23. The van der Waals surface area contributed by atoms with Crippen LogP contribution >= 0.6 is 0 Å². The molecule has 0 fully saturated rings. The average Bonchev–Trinajstić information content (AvgIpc) is 2.28. The highest BCUT2D eigenvalue weighted by atomic mass is 16.5. The zero-order chi connectivity index (χ0) is 11.9. The molecule has 0 spiro atoms.